The number of carbonyl (C=O) groups excluding carboxylic acids is 2. The summed E-state index contributed by atoms with van der Waals surface area (Å²) < 4.78 is 5.98. The summed E-state index contributed by atoms with van der Waals surface area (Å²) in [6.45, 7) is 5.61. The molecular weight excluding hydrogens is 404 g/mol. The number of nitrogens with two attached hydrogens (primary N) is 1. The predicted octanol–water partition coefficient (Wildman–Crippen LogP) is 3.31. The molecule has 21 heavy (non-hydrogen) atoms. The minimum atomic E-state index is -0.710. The Morgan fingerprint density at radius 2 is 1.86 bits per heavy atom. The summed E-state index contributed by atoms with van der Waals surface area (Å²) in [7, 11) is 1.28. The lowest BCUT2D eigenvalue weighted by Gasteiger charge is -2.26. The first kappa shape index (κ1) is 18.1. The first-order chi connectivity index (χ1) is 9.57. The lowest BCUT2D eigenvalue weighted by atomic mass is 9.87. The number of carbonyl (C=O) groups is 2. The van der Waals surface area contributed by atoms with Gasteiger partial charge in [-0.3, -0.25) is 4.79 Å². The highest BCUT2D eigenvalue weighted by molar-refractivity contribution is 9.11. The van der Waals surface area contributed by atoms with Crippen LogP contribution in [0, 0.1) is 5.41 Å². The quantitative estimate of drug-likeness (QED) is 0.733. The molecule has 0 aliphatic rings. The number of benzene rings is 1. The van der Waals surface area contributed by atoms with Crippen LogP contribution in [0.15, 0.2) is 21.1 Å². The van der Waals surface area contributed by atoms with Crippen molar-refractivity contribution in [1.29, 1.82) is 0 Å². The first-order valence-electron chi connectivity index (χ1n) is 6.21. The van der Waals surface area contributed by atoms with Gasteiger partial charge in [0.2, 0.25) is 5.91 Å². The van der Waals surface area contributed by atoms with Gasteiger partial charge in [-0.25, -0.2) is 4.79 Å². The third kappa shape index (κ3) is 4.52. The normalized spacial score (nSPS) is 12.7. The molecule has 1 aromatic rings. The van der Waals surface area contributed by atoms with Crippen LogP contribution in [0.25, 0.3) is 0 Å². The van der Waals surface area contributed by atoms with Gasteiger partial charge in [-0.1, -0.05) is 36.7 Å². The second kappa shape index (κ2) is 6.89. The average Bonchev–Trinajstić information content (AvgIpc) is 2.38. The van der Waals surface area contributed by atoms with Crippen molar-refractivity contribution in [2.24, 2.45) is 11.1 Å². The van der Waals surface area contributed by atoms with Crippen molar-refractivity contribution in [2.45, 2.75) is 26.8 Å². The lowest BCUT2D eigenvalue weighted by Crippen LogP contribution is -2.45. The molecular formula is C14H18Br2N2O3. The third-order valence-corrected chi connectivity index (χ3v) is 4.01. The minimum Gasteiger partial charge on any atom is -0.465 e. The molecule has 0 unspecified atom stereocenters. The monoisotopic (exact) mass is 420 g/mol. The Labute approximate surface area is 140 Å². The molecule has 0 saturated heterocycles. The molecule has 1 amide bonds. The van der Waals surface area contributed by atoms with Crippen LogP contribution in [0.5, 0.6) is 0 Å². The molecule has 0 aliphatic carbocycles. The zero-order valence-electron chi connectivity index (χ0n) is 12.3. The molecule has 1 aromatic carbocycles. The van der Waals surface area contributed by atoms with E-state index in [1.807, 2.05) is 20.8 Å². The fourth-order valence-electron chi connectivity index (χ4n) is 1.57. The van der Waals surface area contributed by atoms with Crippen LogP contribution in [-0.2, 0) is 9.53 Å². The van der Waals surface area contributed by atoms with Crippen LogP contribution in [-0.4, -0.2) is 25.0 Å². The molecule has 1 atom stereocenters. The Kier molecular flexibility index (Phi) is 5.95. The van der Waals surface area contributed by atoms with Crippen LogP contribution in [0.1, 0.15) is 31.1 Å². The maximum Gasteiger partial charge on any atom is 0.340 e. The number of nitrogens with one attached hydrogen (secondary N) is 1. The fourth-order valence-corrected chi connectivity index (χ4v) is 2.89. The number of anilines is 1. The van der Waals surface area contributed by atoms with Crippen molar-refractivity contribution >= 4 is 49.4 Å². The number of amides is 1. The average molecular weight is 422 g/mol. The molecule has 7 heteroatoms. The molecule has 0 fully saturated rings. The van der Waals surface area contributed by atoms with Crippen molar-refractivity contribution < 1.29 is 14.3 Å². The molecule has 1 rings (SSSR count). The summed E-state index contributed by atoms with van der Waals surface area (Å²) in [5.41, 5.74) is 6.12. The molecule has 116 valence electrons. The van der Waals surface area contributed by atoms with Crippen LogP contribution in [0.3, 0.4) is 0 Å². The molecule has 0 bridgehead atoms. The van der Waals surface area contributed by atoms with E-state index in [0.717, 1.165) is 0 Å². The summed E-state index contributed by atoms with van der Waals surface area (Å²) in [5, 5.41) is 2.70. The van der Waals surface area contributed by atoms with Crippen LogP contribution in [0.2, 0.25) is 0 Å². The van der Waals surface area contributed by atoms with Gasteiger partial charge in [-0.05, 0) is 33.5 Å². The standard InChI is InChI=1S/C14H18Br2N2O3/c1-14(2,3)11(17)12(19)18-10-8(13(20)21-4)5-7(15)6-9(10)16/h5-6,11H,17H2,1-4H3,(H,18,19)/t11-/m0/s1. The summed E-state index contributed by atoms with van der Waals surface area (Å²) in [4.78, 5) is 24.1. The van der Waals surface area contributed by atoms with E-state index < -0.39 is 17.4 Å². The Balaban J connectivity index is 3.19. The van der Waals surface area contributed by atoms with E-state index in [4.69, 9.17) is 10.5 Å². The van der Waals surface area contributed by atoms with E-state index in [0.29, 0.717) is 14.6 Å². The minimum absolute atomic E-state index is 0.244. The number of methoxy groups -OCH3 is 1. The molecule has 0 spiro atoms. The number of esters is 1. The second-order valence-electron chi connectivity index (χ2n) is 5.63. The van der Waals surface area contributed by atoms with Crippen LogP contribution < -0.4 is 11.1 Å². The number of hydrogen-bond donors (Lipinski definition) is 2. The molecule has 0 heterocycles. The Morgan fingerprint density at radius 3 is 2.33 bits per heavy atom. The Hall–Kier alpha value is -0.920. The zero-order chi connectivity index (χ0) is 16.4. The number of rotatable bonds is 3. The molecule has 0 saturated carbocycles. The Morgan fingerprint density at radius 1 is 1.29 bits per heavy atom. The summed E-state index contributed by atoms with van der Waals surface area (Å²) >= 11 is 6.63. The molecule has 0 aromatic heterocycles. The van der Waals surface area contributed by atoms with Gasteiger partial charge in [0.15, 0.2) is 0 Å². The maximum atomic E-state index is 12.2. The van der Waals surface area contributed by atoms with E-state index in [1.165, 1.54) is 7.11 Å². The summed E-state index contributed by atoms with van der Waals surface area (Å²) in [6.07, 6.45) is 0. The fraction of sp³-hybridized carbons (Fsp3) is 0.429. The predicted molar refractivity (Wildman–Crippen MR) is 89.2 cm³/mol. The van der Waals surface area contributed by atoms with Gasteiger partial charge in [0.1, 0.15) is 0 Å². The molecule has 3 N–H and O–H groups in total. The van der Waals surface area contributed by atoms with Gasteiger partial charge in [0.05, 0.1) is 24.4 Å². The SMILES string of the molecule is COC(=O)c1cc(Br)cc(Br)c1NC(=O)[C@H](N)C(C)(C)C. The topological polar surface area (TPSA) is 81.4 Å². The third-order valence-electron chi connectivity index (χ3n) is 2.92. The van der Waals surface area contributed by atoms with E-state index in [9.17, 15) is 9.59 Å². The van der Waals surface area contributed by atoms with Gasteiger partial charge in [0, 0.05) is 8.95 Å². The van der Waals surface area contributed by atoms with Crippen molar-refractivity contribution in [1.82, 2.24) is 0 Å². The van der Waals surface area contributed by atoms with E-state index in [1.54, 1.807) is 12.1 Å². The molecule has 5 nitrogen and oxygen atoms in total. The van der Waals surface area contributed by atoms with Gasteiger partial charge >= 0.3 is 5.97 Å². The van der Waals surface area contributed by atoms with Gasteiger partial charge in [-0.2, -0.15) is 0 Å². The molecule has 0 radical (unpaired) electrons. The lowest BCUT2D eigenvalue weighted by molar-refractivity contribution is -0.119. The highest BCUT2D eigenvalue weighted by Crippen LogP contribution is 2.32. The zero-order valence-corrected chi connectivity index (χ0v) is 15.5. The highest BCUT2D eigenvalue weighted by Gasteiger charge is 2.29. The number of halogens is 2. The van der Waals surface area contributed by atoms with Crippen molar-refractivity contribution in [3.8, 4) is 0 Å². The number of hydrogen-bond acceptors (Lipinski definition) is 4. The summed E-state index contributed by atoms with van der Waals surface area (Å²) in [6, 6.07) is 2.60. The molecule has 0 aliphatic heterocycles. The number of ether oxygens (including phenoxy) is 1. The van der Waals surface area contributed by atoms with Gasteiger partial charge < -0.3 is 15.8 Å². The Bertz CT molecular complexity index is 568. The smallest absolute Gasteiger partial charge is 0.340 e. The van der Waals surface area contributed by atoms with Crippen molar-refractivity contribution in [2.75, 3.05) is 12.4 Å². The van der Waals surface area contributed by atoms with Crippen molar-refractivity contribution in [3.05, 3.63) is 26.6 Å². The van der Waals surface area contributed by atoms with E-state index >= 15 is 0 Å². The summed E-state index contributed by atoms with van der Waals surface area (Å²) in [5.74, 6) is -0.910. The van der Waals surface area contributed by atoms with Gasteiger partial charge in [0.25, 0.3) is 0 Å². The van der Waals surface area contributed by atoms with Crippen LogP contribution >= 0.6 is 31.9 Å². The second-order valence-corrected chi connectivity index (χ2v) is 7.40. The highest BCUT2D eigenvalue weighted by atomic mass is 79.9. The van der Waals surface area contributed by atoms with E-state index in [-0.39, 0.29) is 11.5 Å². The van der Waals surface area contributed by atoms with Gasteiger partial charge in [-0.15, -0.1) is 0 Å². The maximum absolute atomic E-state index is 12.2. The van der Waals surface area contributed by atoms with E-state index in [2.05, 4.69) is 37.2 Å². The van der Waals surface area contributed by atoms with Crippen molar-refractivity contribution in [3.63, 3.8) is 0 Å². The van der Waals surface area contributed by atoms with Crippen LogP contribution in [0.4, 0.5) is 5.69 Å². The largest absolute Gasteiger partial charge is 0.465 e. The first-order valence-corrected chi connectivity index (χ1v) is 7.80.